The molecule has 3 aliphatic rings. The molecule has 0 aliphatic carbocycles. The first kappa shape index (κ1) is 8.90. The van der Waals surface area contributed by atoms with Crippen LogP contribution < -0.4 is 5.32 Å². The quantitative estimate of drug-likeness (QED) is 0.589. The number of hydrogen-bond donors (Lipinski definition) is 1. The van der Waals surface area contributed by atoms with Gasteiger partial charge in [0.05, 0.1) is 19.3 Å². The molecule has 0 saturated carbocycles. The summed E-state index contributed by atoms with van der Waals surface area (Å²) < 4.78 is 0.366. The summed E-state index contributed by atoms with van der Waals surface area (Å²) in [5.41, 5.74) is 0. The Bertz CT molecular complexity index is 376. The Morgan fingerprint density at radius 1 is 1.33 bits per heavy atom. The molecule has 1 N–H and O–H groups in total. The predicted molar refractivity (Wildman–Crippen MR) is 58.3 cm³/mol. The minimum absolute atomic E-state index is 0.366. The fourth-order valence-corrected chi connectivity index (χ4v) is 2.05. The highest BCUT2D eigenvalue weighted by Gasteiger charge is 2.44. The third kappa shape index (κ3) is 1.26. The molecular weight excluding hydrogens is 192 g/mol. The fraction of sp³-hybridized carbons (Fsp3) is 0.444. The second-order valence-corrected chi connectivity index (χ2v) is 3.65. The average Bonchev–Trinajstić information content (AvgIpc) is 2.75. The second kappa shape index (κ2) is 3.34. The highest BCUT2D eigenvalue weighted by molar-refractivity contribution is 6.28. The van der Waals surface area contributed by atoms with Crippen molar-refractivity contribution in [2.75, 3.05) is 26.2 Å². The summed E-state index contributed by atoms with van der Waals surface area (Å²) >= 11 is 0. The van der Waals surface area contributed by atoms with Gasteiger partial charge in [0.25, 0.3) is 5.84 Å². The first-order chi connectivity index (χ1) is 7.42. The molecule has 3 heterocycles. The van der Waals surface area contributed by atoms with E-state index in [1.54, 1.807) is 18.8 Å². The maximum atomic E-state index is 4.44. The molecule has 0 amide bonds. The number of nitrogens with one attached hydrogen (secondary N) is 1. The Morgan fingerprint density at radius 2 is 2.20 bits per heavy atom. The SMILES string of the molecule is C1=C[N+]2(N3CCNCC3)N=CN=C2C=N1. The van der Waals surface area contributed by atoms with Crippen LogP contribution in [0.5, 0.6) is 0 Å². The van der Waals surface area contributed by atoms with Crippen LogP contribution in [0, 0.1) is 0 Å². The molecule has 1 atom stereocenters. The molecule has 6 heteroatoms. The van der Waals surface area contributed by atoms with Crippen molar-refractivity contribution in [2.45, 2.75) is 0 Å². The summed E-state index contributed by atoms with van der Waals surface area (Å²) in [4.78, 5) is 8.33. The third-order valence-electron chi connectivity index (χ3n) is 2.83. The number of hydrogen-bond acceptors (Lipinski definition) is 5. The number of nitrogens with zero attached hydrogens (tertiary/aromatic N) is 5. The van der Waals surface area contributed by atoms with Crippen molar-refractivity contribution in [3.8, 4) is 0 Å². The molecule has 0 aromatic rings. The Kier molecular flexibility index (Phi) is 1.98. The molecule has 1 saturated heterocycles. The first-order valence-electron chi connectivity index (χ1n) is 5.10. The molecule has 0 radical (unpaired) electrons. The van der Waals surface area contributed by atoms with Crippen LogP contribution in [-0.4, -0.2) is 54.3 Å². The van der Waals surface area contributed by atoms with Gasteiger partial charge in [0, 0.05) is 13.1 Å². The molecule has 1 unspecified atom stereocenters. The Balaban J connectivity index is 1.94. The molecule has 6 nitrogen and oxygen atoms in total. The van der Waals surface area contributed by atoms with Crippen molar-refractivity contribution in [3.63, 3.8) is 0 Å². The van der Waals surface area contributed by atoms with Crippen LogP contribution in [0.25, 0.3) is 0 Å². The van der Waals surface area contributed by atoms with Crippen molar-refractivity contribution in [1.29, 1.82) is 0 Å². The lowest BCUT2D eigenvalue weighted by Crippen LogP contribution is -2.61. The van der Waals surface area contributed by atoms with Gasteiger partial charge in [-0.15, -0.1) is 5.01 Å². The summed E-state index contributed by atoms with van der Waals surface area (Å²) in [7, 11) is 0. The molecule has 0 aromatic carbocycles. The van der Waals surface area contributed by atoms with Crippen LogP contribution >= 0.6 is 0 Å². The molecule has 0 spiro atoms. The maximum Gasteiger partial charge on any atom is 0.299 e. The molecule has 15 heavy (non-hydrogen) atoms. The number of amidine groups is 1. The number of piperazine rings is 1. The van der Waals surface area contributed by atoms with Gasteiger partial charge in [-0.05, 0) is 9.80 Å². The normalized spacial score (nSPS) is 34.3. The van der Waals surface area contributed by atoms with Crippen molar-refractivity contribution in [3.05, 3.63) is 12.4 Å². The molecule has 0 bridgehead atoms. The van der Waals surface area contributed by atoms with E-state index >= 15 is 0 Å². The number of aliphatic imine (C=N–C) groups is 2. The molecule has 3 rings (SSSR count). The fourth-order valence-electron chi connectivity index (χ4n) is 2.05. The first-order valence-corrected chi connectivity index (χ1v) is 5.10. The van der Waals surface area contributed by atoms with Gasteiger partial charge >= 0.3 is 0 Å². The highest BCUT2D eigenvalue weighted by atomic mass is 15.9. The van der Waals surface area contributed by atoms with Crippen LogP contribution in [0.4, 0.5) is 0 Å². The van der Waals surface area contributed by atoms with Crippen molar-refractivity contribution in [1.82, 2.24) is 10.3 Å². The third-order valence-corrected chi connectivity index (χ3v) is 2.83. The van der Waals surface area contributed by atoms with E-state index in [1.165, 1.54) is 0 Å². The number of rotatable bonds is 1. The largest absolute Gasteiger partial charge is 0.314 e. The lowest BCUT2D eigenvalue weighted by atomic mass is 10.4. The zero-order chi connectivity index (χ0) is 10.1. The van der Waals surface area contributed by atoms with Crippen LogP contribution in [0.2, 0.25) is 0 Å². The molecule has 78 valence electrons. The van der Waals surface area contributed by atoms with E-state index < -0.39 is 0 Å². The second-order valence-electron chi connectivity index (χ2n) is 3.65. The monoisotopic (exact) mass is 205 g/mol. The van der Waals surface area contributed by atoms with Gasteiger partial charge in [0.2, 0.25) is 0 Å². The van der Waals surface area contributed by atoms with E-state index in [0.29, 0.717) is 4.70 Å². The lowest BCUT2D eigenvalue weighted by molar-refractivity contribution is -0.917. The van der Waals surface area contributed by atoms with Crippen LogP contribution in [0.15, 0.2) is 27.5 Å². The Morgan fingerprint density at radius 3 is 3.07 bits per heavy atom. The summed E-state index contributed by atoms with van der Waals surface area (Å²) in [6.45, 7) is 3.92. The predicted octanol–water partition coefficient (Wildman–Crippen LogP) is -0.466. The zero-order valence-corrected chi connectivity index (χ0v) is 8.37. The standard InChI is InChI=1S/C9H13N6/c1-4-14(5-2-10-1)15-6-3-11-7-9(15)12-8-13-15/h3,6-8,10H,1-2,4-5H2/q+1. The number of fused-ring (bicyclic) bond motifs is 1. The highest BCUT2D eigenvalue weighted by Crippen LogP contribution is 2.22. The summed E-state index contributed by atoms with van der Waals surface area (Å²) in [5.74, 6) is 0.874. The molecule has 1 fully saturated rings. The van der Waals surface area contributed by atoms with E-state index in [2.05, 4.69) is 25.4 Å². The van der Waals surface area contributed by atoms with E-state index in [0.717, 1.165) is 32.0 Å². The maximum absolute atomic E-state index is 4.44. The summed E-state index contributed by atoms with van der Waals surface area (Å²) in [6, 6.07) is 0. The van der Waals surface area contributed by atoms with Gasteiger partial charge < -0.3 is 5.32 Å². The van der Waals surface area contributed by atoms with E-state index in [9.17, 15) is 0 Å². The molecule has 3 aliphatic heterocycles. The Labute approximate surface area is 87.9 Å². The van der Waals surface area contributed by atoms with E-state index in [1.807, 2.05) is 6.20 Å². The summed E-state index contributed by atoms with van der Waals surface area (Å²) in [6.07, 6.45) is 7.13. The van der Waals surface area contributed by atoms with E-state index in [4.69, 9.17) is 0 Å². The van der Waals surface area contributed by atoms with Crippen LogP contribution in [0.1, 0.15) is 0 Å². The van der Waals surface area contributed by atoms with Crippen molar-refractivity contribution >= 4 is 18.4 Å². The average molecular weight is 205 g/mol. The van der Waals surface area contributed by atoms with Gasteiger partial charge in [-0.1, -0.05) is 0 Å². The van der Waals surface area contributed by atoms with Gasteiger partial charge in [-0.2, -0.15) is 4.99 Å². The number of quaternary nitrogens is 1. The summed E-state index contributed by atoms with van der Waals surface area (Å²) in [5, 5.41) is 10.0. The van der Waals surface area contributed by atoms with Gasteiger partial charge in [-0.25, -0.2) is 0 Å². The smallest absolute Gasteiger partial charge is 0.299 e. The zero-order valence-electron chi connectivity index (χ0n) is 8.37. The van der Waals surface area contributed by atoms with Gasteiger partial charge in [-0.3, -0.25) is 4.99 Å². The van der Waals surface area contributed by atoms with Crippen LogP contribution in [-0.2, 0) is 0 Å². The minimum atomic E-state index is 0.366. The van der Waals surface area contributed by atoms with Crippen LogP contribution in [0.3, 0.4) is 0 Å². The molecular formula is C9H13N6+. The van der Waals surface area contributed by atoms with Gasteiger partial charge in [0.1, 0.15) is 6.21 Å². The van der Waals surface area contributed by atoms with Crippen molar-refractivity contribution in [2.24, 2.45) is 15.1 Å². The van der Waals surface area contributed by atoms with E-state index in [-0.39, 0.29) is 0 Å². The van der Waals surface area contributed by atoms with Crippen molar-refractivity contribution < 1.29 is 4.70 Å². The lowest BCUT2D eigenvalue weighted by Gasteiger charge is -2.37. The minimum Gasteiger partial charge on any atom is -0.314 e. The molecule has 0 aromatic heterocycles. The van der Waals surface area contributed by atoms with Gasteiger partial charge in [0.15, 0.2) is 12.5 Å². The topological polar surface area (TPSA) is 52.3 Å². The Hall–Kier alpha value is -1.37.